The summed E-state index contributed by atoms with van der Waals surface area (Å²) in [7, 11) is 0. The van der Waals surface area contributed by atoms with Crippen molar-refractivity contribution in [1.82, 2.24) is 4.90 Å². The summed E-state index contributed by atoms with van der Waals surface area (Å²) < 4.78 is 7.09. The molecule has 2 aromatic rings. The molecule has 1 amide bonds. The predicted molar refractivity (Wildman–Crippen MR) is 109 cm³/mol. The topological polar surface area (TPSA) is 49.8 Å². The lowest BCUT2D eigenvalue weighted by atomic mass is 9.84. The quantitative estimate of drug-likeness (QED) is 0.637. The van der Waals surface area contributed by atoms with Crippen LogP contribution in [0.1, 0.15) is 49.8 Å². The highest BCUT2D eigenvalue weighted by Gasteiger charge is 2.43. The van der Waals surface area contributed by atoms with Crippen LogP contribution in [0.5, 0.6) is 0 Å². The van der Waals surface area contributed by atoms with E-state index < -0.39 is 5.60 Å². The molecule has 5 heteroatoms. The summed E-state index contributed by atoms with van der Waals surface area (Å²) >= 11 is 3.46. The van der Waals surface area contributed by atoms with Crippen molar-refractivity contribution in [1.29, 1.82) is 0 Å². The van der Waals surface area contributed by atoms with Crippen LogP contribution >= 0.6 is 15.9 Å². The van der Waals surface area contributed by atoms with Crippen LogP contribution in [-0.4, -0.2) is 29.3 Å². The smallest absolute Gasteiger partial charge is 0.411 e. The number of hydrogen-bond donors (Lipinski definition) is 1. The Morgan fingerprint density at radius 3 is 2.48 bits per heavy atom. The zero-order chi connectivity index (χ0) is 19.3. The number of ether oxygens (including phenoxy) is 1. The first kappa shape index (κ1) is 19.9. The van der Waals surface area contributed by atoms with Crippen molar-refractivity contribution in [2.45, 2.75) is 44.2 Å². The lowest BCUT2D eigenvalue weighted by Crippen LogP contribution is -2.49. The SMILES string of the molecule is CC[C@@H](c1ccc(Br)cc1)N1CCC(CCCO)(c2ccccc2)OC1=O. The van der Waals surface area contributed by atoms with Crippen molar-refractivity contribution >= 4 is 22.0 Å². The van der Waals surface area contributed by atoms with Crippen molar-refractivity contribution in [3.63, 3.8) is 0 Å². The predicted octanol–water partition coefficient (Wildman–Crippen LogP) is 5.41. The molecule has 4 nitrogen and oxygen atoms in total. The van der Waals surface area contributed by atoms with Gasteiger partial charge in [-0.3, -0.25) is 0 Å². The van der Waals surface area contributed by atoms with E-state index in [4.69, 9.17) is 4.74 Å². The number of halogens is 1. The molecular formula is C22H26BrNO3. The molecule has 0 bridgehead atoms. The molecule has 2 atom stereocenters. The summed E-state index contributed by atoms with van der Waals surface area (Å²) in [5.41, 5.74) is 1.46. The zero-order valence-electron chi connectivity index (χ0n) is 15.6. The molecule has 1 N–H and O–H groups in total. The van der Waals surface area contributed by atoms with Crippen LogP contribution in [0, 0.1) is 0 Å². The number of aliphatic hydroxyl groups excluding tert-OH is 1. The molecule has 1 aliphatic heterocycles. The molecule has 144 valence electrons. The van der Waals surface area contributed by atoms with Crippen LogP contribution in [0.15, 0.2) is 59.1 Å². The Labute approximate surface area is 169 Å². The molecule has 2 aromatic carbocycles. The second kappa shape index (κ2) is 8.89. The molecule has 0 spiro atoms. The highest BCUT2D eigenvalue weighted by atomic mass is 79.9. The van der Waals surface area contributed by atoms with E-state index >= 15 is 0 Å². The molecule has 1 unspecified atom stereocenters. The van der Waals surface area contributed by atoms with Gasteiger partial charge in [-0.25, -0.2) is 4.79 Å². The van der Waals surface area contributed by atoms with Crippen LogP contribution in [0.4, 0.5) is 4.79 Å². The molecule has 0 aromatic heterocycles. The van der Waals surface area contributed by atoms with Crippen LogP contribution in [0.25, 0.3) is 0 Å². The first-order chi connectivity index (χ1) is 13.1. The third-order valence-corrected chi connectivity index (χ3v) is 5.86. The lowest BCUT2D eigenvalue weighted by Gasteiger charge is -2.44. The van der Waals surface area contributed by atoms with Crippen molar-refractivity contribution in [2.24, 2.45) is 0 Å². The Kier molecular flexibility index (Phi) is 6.55. The second-order valence-corrected chi connectivity index (χ2v) is 7.89. The monoisotopic (exact) mass is 431 g/mol. The molecule has 0 aliphatic carbocycles. The molecule has 1 heterocycles. The van der Waals surface area contributed by atoms with Crippen LogP contribution in [0.3, 0.4) is 0 Å². The van der Waals surface area contributed by atoms with Gasteiger partial charge >= 0.3 is 6.09 Å². The van der Waals surface area contributed by atoms with Crippen LogP contribution in [0.2, 0.25) is 0 Å². The Hall–Kier alpha value is -1.85. The number of cyclic esters (lactones) is 1. The number of aliphatic hydroxyl groups is 1. The maximum atomic E-state index is 13.0. The molecule has 1 fully saturated rings. The fourth-order valence-corrected chi connectivity index (χ4v) is 4.17. The van der Waals surface area contributed by atoms with E-state index in [1.807, 2.05) is 47.4 Å². The standard InChI is InChI=1S/C22H26BrNO3/c1-2-20(17-9-11-19(23)12-10-17)24-15-14-22(13-6-16-25,27-21(24)26)18-7-4-3-5-8-18/h3-5,7-12,20,25H,2,6,13-16H2,1H3/t20-,22?/m0/s1. The molecule has 0 saturated carbocycles. The molecule has 27 heavy (non-hydrogen) atoms. The van der Waals surface area contributed by atoms with Gasteiger partial charge in [0.2, 0.25) is 0 Å². The Morgan fingerprint density at radius 1 is 1.19 bits per heavy atom. The van der Waals surface area contributed by atoms with Gasteiger partial charge in [-0.05, 0) is 42.5 Å². The summed E-state index contributed by atoms with van der Waals surface area (Å²) in [4.78, 5) is 14.9. The zero-order valence-corrected chi connectivity index (χ0v) is 17.2. The van der Waals surface area contributed by atoms with E-state index in [0.717, 1.165) is 28.4 Å². The normalized spacial score (nSPS) is 21.0. The van der Waals surface area contributed by atoms with Gasteiger partial charge < -0.3 is 14.7 Å². The van der Waals surface area contributed by atoms with E-state index in [-0.39, 0.29) is 18.7 Å². The average Bonchev–Trinajstić information content (AvgIpc) is 2.70. The Balaban J connectivity index is 1.83. The summed E-state index contributed by atoms with van der Waals surface area (Å²) in [5, 5.41) is 9.32. The van der Waals surface area contributed by atoms with Crippen LogP contribution < -0.4 is 0 Å². The Bertz CT molecular complexity index is 750. The minimum Gasteiger partial charge on any atom is -0.438 e. The Morgan fingerprint density at radius 2 is 1.89 bits per heavy atom. The number of hydrogen-bond acceptors (Lipinski definition) is 3. The first-order valence-corrected chi connectivity index (χ1v) is 10.3. The maximum Gasteiger partial charge on any atom is 0.411 e. The maximum absolute atomic E-state index is 13.0. The number of carbonyl (C=O) groups excluding carboxylic acids is 1. The van der Waals surface area contributed by atoms with Gasteiger partial charge in [0, 0.05) is 24.0 Å². The van der Waals surface area contributed by atoms with Gasteiger partial charge in [-0.2, -0.15) is 0 Å². The number of carbonyl (C=O) groups is 1. The van der Waals surface area contributed by atoms with E-state index in [1.54, 1.807) is 0 Å². The minimum absolute atomic E-state index is 0.00258. The molecule has 1 saturated heterocycles. The molecule has 3 rings (SSSR count). The number of amides is 1. The van der Waals surface area contributed by atoms with Gasteiger partial charge in [0.15, 0.2) is 0 Å². The van der Waals surface area contributed by atoms with Gasteiger partial charge in [0.05, 0.1) is 6.04 Å². The van der Waals surface area contributed by atoms with Gasteiger partial charge in [0.1, 0.15) is 5.60 Å². The van der Waals surface area contributed by atoms with E-state index in [9.17, 15) is 9.90 Å². The van der Waals surface area contributed by atoms with Crippen LogP contribution in [-0.2, 0) is 10.3 Å². The molecular weight excluding hydrogens is 406 g/mol. The molecule has 0 radical (unpaired) electrons. The van der Waals surface area contributed by atoms with Gasteiger partial charge in [-0.15, -0.1) is 0 Å². The van der Waals surface area contributed by atoms with Crippen molar-refractivity contribution in [3.05, 3.63) is 70.2 Å². The highest BCUT2D eigenvalue weighted by molar-refractivity contribution is 9.10. The minimum atomic E-state index is -0.657. The fraction of sp³-hybridized carbons (Fsp3) is 0.409. The highest BCUT2D eigenvalue weighted by Crippen LogP contribution is 2.41. The molecule has 1 aliphatic rings. The number of rotatable bonds is 7. The van der Waals surface area contributed by atoms with Crippen molar-refractivity contribution < 1.29 is 14.6 Å². The van der Waals surface area contributed by atoms with E-state index in [0.29, 0.717) is 19.4 Å². The summed E-state index contributed by atoms with van der Waals surface area (Å²) in [6.07, 6.45) is 2.49. The summed E-state index contributed by atoms with van der Waals surface area (Å²) in [6.45, 7) is 2.81. The fourth-order valence-electron chi connectivity index (χ4n) is 3.90. The third kappa shape index (κ3) is 4.36. The second-order valence-electron chi connectivity index (χ2n) is 6.97. The lowest BCUT2D eigenvalue weighted by molar-refractivity contribution is -0.0697. The number of nitrogens with zero attached hydrogens (tertiary/aromatic N) is 1. The number of benzene rings is 2. The third-order valence-electron chi connectivity index (χ3n) is 5.33. The summed E-state index contributed by atoms with van der Waals surface area (Å²) in [5.74, 6) is 0. The van der Waals surface area contributed by atoms with Gasteiger partial charge in [0.25, 0.3) is 0 Å². The van der Waals surface area contributed by atoms with E-state index in [1.165, 1.54) is 0 Å². The van der Waals surface area contributed by atoms with Crippen molar-refractivity contribution in [2.75, 3.05) is 13.2 Å². The van der Waals surface area contributed by atoms with E-state index in [2.05, 4.69) is 35.0 Å². The van der Waals surface area contributed by atoms with Gasteiger partial charge in [-0.1, -0.05) is 65.3 Å². The average molecular weight is 432 g/mol. The summed E-state index contributed by atoms with van der Waals surface area (Å²) in [6, 6.07) is 18.0. The first-order valence-electron chi connectivity index (χ1n) is 9.51. The van der Waals surface area contributed by atoms with Crippen molar-refractivity contribution in [3.8, 4) is 0 Å². The largest absolute Gasteiger partial charge is 0.438 e.